The monoisotopic (exact) mass is 990 g/mol. The minimum atomic E-state index is -0.662. The van der Waals surface area contributed by atoms with Crippen molar-refractivity contribution in [2.45, 2.75) is 386 Å². The standard InChI is InChI=1S/C64H127NO5/c1-3-5-7-9-11-13-15-16-17-18-27-30-33-37-40-44-48-52-56-62(67)61(60-66)65-63(68)57-53-49-45-41-38-34-31-28-25-23-21-19-20-22-24-26-29-32-35-39-43-47-51-55-59-70-64(69)58-54-50-46-42-36-14-12-10-8-6-4-2/h61-62,66-67H,3-60H2,1-2H3,(H,65,68). The number of unbranched alkanes of at least 4 members (excludes halogenated alkanes) is 50. The van der Waals surface area contributed by atoms with Crippen LogP contribution >= 0.6 is 0 Å². The summed E-state index contributed by atoms with van der Waals surface area (Å²) in [6.07, 6.45) is 71.2. The van der Waals surface area contributed by atoms with Crippen LogP contribution in [0.5, 0.6) is 0 Å². The summed E-state index contributed by atoms with van der Waals surface area (Å²) in [5, 5.41) is 23.4. The lowest BCUT2D eigenvalue weighted by Crippen LogP contribution is -2.45. The van der Waals surface area contributed by atoms with Crippen molar-refractivity contribution >= 4 is 11.9 Å². The molecule has 2 atom stereocenters. The molecule has 0 bridgehead atoms. The van der Waals surface area contributed by atoms with Crippen molar-refractivity contribution in [3.63, 3.8) is 0 Å². The van der Waals surface area contributed by atoms with E-state index in [-0.39, 0.29) is 18.5 Å². The molecule has 0 radical (unpaired) electrons. The molecule has 6 nitrogen and oxygen atoms in total. The molecule has 0 aliphatic carbocycles. The quantitative estimate of drug-likeness (QED) is 0.0417. The van der Waals surface area contributed by atoms with Crippen LogP contribution < -0.4 is 5.32 Å². The lowest BCUT2D eigenvalue weighted by atomic mass is 10.0. The minimum Gasteiger partial charge on any atom is -0.466 e. The molecule has 1 amide bonds. The predicted octanol–water partition coefficient (Wildman–Crippen LogP) is 20.3. The predicted molar refractivity (Wildman–Crippen MR) is 306 cm³/mol. The van der Waals surface area contributed by atoms with Crippen LogP contribution in [0.15, 0.2) is 0 Å². The fourth-order valence-electron chi connectivity index (χ4n) is 10.5. The van der Waals surface area contributed by atoms with E-state index in [2.05, 4.69) is 19.2 Å². The van der Waals surface area contributed by atoms with Crippen molar-refractivity contribution in [3.8, 4) is 0 Å². The van der Waals surface area contributed by atoms with E-state index in [9.17, 15) is 19.8 Å². The number of carbonyl (C=O) groups excluding carboxylic acids is 2. The highest BCUT2D eigenvalue weighted by atomic mass is 16.5. The van der Waals surface area contributed by atoms with Crippen LogP contribution in [0.4, 0.5) is 0 Å². The van der Waals surface area contributed by atoms with Gasteiger partial charge in [0.2, 0.25) is 5.91 Å². The summed E-state index contributed by atoms with van der Waals surface area (Å²) < 4.78 is 5.47. The Morgan fingerprint density at radius 1 is 0.343 bits per heavy atom. The zero-order chi connectivity index (χ0) is 50.7. The van der Waals surface area contributed by atoms with Gasteiger partial charge >= 0.3 is 5.97 Å². The van der Waals surface area contributed by atoms with Crippen molar-refractivity contribution in [3.05, 3.63) is 0 Å². The molecule has 0 spiro atoms. The normalized spacial score (nSPS) is 12.5. The van der Waals surface area contributed by atoms with Gasteiger partial charge in [0.05, 0.1) is 25.4 Å². The van der Waals surface area contributed by atoms with E-state index in [1.54, 1.807) is 0 Å². The van der Waals surface area contributed by atoms with E-state index in [1.165, 1.54) is 302 Å². The zero-order valence-electron chi connectivity index (χ0n) is 47.8. The first-order valence-electron chi connectivity index (χ1n) is 32.3. The molecule has 2 unspecified atom stereocenters. The molecule has 3 N–H and O–H groups in total. The minimum absolute atomic E-state index is 0.0162. The fraction of sp³-hybridized carbons (Fsp3) is 0.969. The number of nitrogens with one attached hydrogen (secondary N) is 1. The molecule has 0 saturated heterocycles. The molecule has 0 fully saturated rings. The second kappa shape index (κ2) is 60.4. The number of carbonyl (C=O) groups is 2. The van der Waals surface area contributed by atoms with Gasteiger partial charge in [-0.2, -0.15) is 0 Å². The van der Waals surface area contributed by atoms with Crippen LogP contribution in [0, 0.1) is 0 Å². The maximum Gasteiger partial charge on any atom is 0.305 e. The van der Waals surface area contributed by atoms with Gasteiger partial charge in [0.15, 0.2) is 0 Å². The van der Waals surface area contributed by atoms with Crippen LogP contribution in [0.3, 0.4) is 0 Å². The lowest BCUT2D eigenvalue weighted by molar-refractivity contribution is -0.143. The molecule has 418 valence electrons. The van der Waals surface area contributed by atoms with Crippen LogP contribution in [0.25, 0.3) is 0 Å². The van der Waals surface area contributed by atoms with Crippen molar-refractivity contribution in [2.24, 2.45) is 0 Å². The molecular weight excluding hydrogens is 863 g/mol. The smallest absolute Gasteiger partial charge is 0.305 e. The maximum absolute atomic E-state index is 12.5. The highest BCUT2D eigenvalue weighted by molar-refractivity contribution is 5.76. The van der Waals surface area contributed by atoms with E-state index in [4.69, 9.17) is 4.74 Å². The van der Waals surface area contributed by atoms with Crippen LogP contribution in [0.1, 0.15) is 373 Å². The Bertz CT molecular complexity index is 1010. The van der Waals surface area contributed by atoms with E-state index in [0.717, 1.165) is 38.5 Å². The first-order valence-corrected chi connectivity index (χ1v) is 32.3. The second-order valence-electron chi connectivity index (χ2n) is 22.5. The van der Waals surface area contributed by atoms with Gasteiger partial charge in [0.25, 0.3) is 0 Å². The van der Waals surface area contributed by atoms with E-state index in [1.807, 2.05) is 0 Å². The van der Waals surface area contributed by atoms with E-state index >= 15 is 0 Å². The van der Waals surface area contributed by atoms with Crippen molar-refractivity contribution in [1.82, 2.24) is 5.32 Å². The summed E-state index contributed by atoms with van der Waals surface area (Å²) in [4.78, 5) is 24.5. The molecule has 70 heavy (non-hydrogen) atoms. The number of amides is 1. The molecule has 0 aromatic rings. The number of ether oxygens (including phenoxy) is 1. The Morgan fingerprint density at radius 3 is 0.871 bits per heavy atom. The number of hydrogen-bond acceptors (Lipinski definition) is 5. The summed E-state index contributed by atoms with van der Waals surface area (Å²) in [6.45, 7) is 4.99. The van der Waals surface area contributed by atoms with Gasteiger partial charge in [0.1, 0.15) is 0 Å². The van der Waals surface area contributed by atoms with Gasteiger partial charge in [-0.1, -0.05) is 335 Å². The van der Waals surface area contributed by atoms with Gasteiger partial charge in [-0.3, -0.25) is 9.59 Å². The third-order valence-electron chi connectivity index (χ3n) is 15.4. The molecule has 0 aromatic carbocycles. The van der Waals surface area contributed by atoms with Gasteiger partial charge in [0, 0.05) is 12.8 Å². The Kier molecular flexibility index (Phi) is 59.4. The summed E-state index contributed by atoms with van der Waals surface area (Å²) in [6, 6.07) is -0.539. The lowest BCUT2D eigenvalue weighted by Gasteiger charge is -2.22. The van der Waals surface area contributed by atoms with Gasteiger partial charge in [-0.15, -0.1) is 0 Å². The summed E-state index contributed by atoms with van der Waals surface area (Å²) >= 11 is 0. The van der Waals surface area contributed by atoms with Crippen molar-refractivity contribution < 1.29 is 24.5 Å². The Morgan fingerprint density at radius 2 is 0.586 bits per heavy atom. The largest absolute Gasteiger partial charge is 0.466 e. The number of rotatable bonds is 61. The first kappa shape index (κ1) is 68.9. The topological polar surface area (TPSA) is 95.9 Å². The van der Waals surface area contributed by atoms with E-state index in [0.29, 0.717) is 25.9 Å². The summed E-state index contributed by atoms with van der Waals surface area (Å²) in [5.74, 6) is -0.0133. The highest BCUT2D eigenvalue weighted by Gasteiger charge is 2.20. The van der Waals surface area contributed by atoms with Gasteiger partial charge in [-0.05, 0) is 25.7 Å². The number of esters is 1. The average Bonchev–Trinajstić information content (AvgIpc) is 3.36. The fourth-order valence-corrected chi connectivity index (χ4v) is 10.5. The molecule has 0 heterocycles. The Hall–Kier alpha value is -1.14. The van der Waals surface area contributed by atoms with E-state index < -0.39 is 12.1 Å². The van der Waals surface area contributed by atoms with Crippen LogP contribution in [-0.4, -0.2) is 47.4 Å². The summed E-state index contributed by atoms with van der Waals surface area (Å²) in [5.41, 5.74) is 0. The third kappa shape index (κ3) is 56.2. The van der Waals surface area contributed by atoms with Crippen molar-refractivity contribution in [2.75, 3.05) is 13.2 Å². The average molecular weight is 991 g/mol. The first-order chi connectivity index (χ1) is 34.5. The molecule has 0 aliphatic heterocycles. The zero-order valence-corrected chi connectivity index (χ0v) is 47.8. The molecule has 0 aromatic heterocycles. The number of hydrogen-bond donors (Lipinski definition) is 3. The van der Waals surface area contributed by atoms with Crippen LogP contribution in [-0.2, 0) is 14.3 Å². The maximum atomic E-state index is 12.5. The van der Waals surface area contributed by atoms with Crippen molar-refractivity contribution in [1.29, 1.82) is 0 Å². The molecule has 0 saturated carbocycles. The Labute approximate surface area is 438 Å². The molecule has 6 heteroatoms. The highest BCUT2D eigenvalue weighted by Crippen LogP contribution is 2.19. The summed E-state index contributed by atoms with van der Waals surface area (Å²) in [7, 11) is 0. The second-order valence-corrected chi connectivity index (χ2v) is 22.5. The van der Waals surface area contributed by atoms with Crippen LogP contribution in [0.2, 0.25) is 0 Å². The molecule has 0 aliphatic rings. The van der Waals surface area contributed by atoms with Gasteiger partial charge in [-0.25, -0.2) is 0 Å². The third-order valence-corrected chi connectivity index (χ3v) is 15.4. The molecule has 0 rings (SSSR count). The number of aliphatic hydroxyl groups excluding tert-OH is 2. The number of aliphatic hydroxyl groups is 2. The van der Waals surface area contributed by atoms with Gasteiger partial charge < -0.3 is 20.3 Å². The molecular formula is C64H127NO5. The SMILES string of the molecule is CCCCCCCCCCCCCCCCCCCCC(O)C(CO)NC(=O)CCCCCCCCCCCCCCCCCCCCCCCCCCOC(=O)CCCCCCCCCCCCC. The Balaban J connectivity index is 3.36.